The number of hydrogen-bond acceptors (Lipinski definition) is 3. The average Bonchev–Trinajstić information content (AvgIpc) is 2.54. The van der Waals surface area contributed by atoms with Gasteiger partial charge in [0.2, 0.25) is 0 Å². The summed E-state index contributed by atoms with van der Waals surface area (Å²) in [5, 5.41) is 13.1. The van der Waals surface area contributed by atoms with Crippen LogP contribution in [0.2, 0.25) is 0 Å². The molecule has 0 radical (unpaired) electrons. The Morgan fingerprint density at radius 3 is 2.65 bits per heavy atom. The molecule has 0 saturated heterocycles. The number of carbonyl (C=O) groups is 2. The number of aromatic carboxylic acids is 1. The molecule has 0 saturated carbocycles. The number of rotatable bonds is 2. The van der Waals surface area contributed by atoms with Gasteiger partial charge in [-0.1, -0.05) is 13.8 Å². The van der Waals surface area contributed by atoms with Crippen LogP contribution in [0, 0.1) is 5.41 Å². The average molecular weight is 236 g/mol. The van der Waals surface area contributed by atoms with Crippen LogP contribution in [-0.4, -0.2) is 26.6 Å². The predicted octanol–water partition coefficient (Wildman–Crippen LogP) is 1.76. The molecular formula is C12H16N2O3. The number of ketones is 1. The van der Waals surface area contributed by atoms with Gasteiger partial charge in [-0.05, 0) is 18.8 Å². The Hall–Kier alpha value is -1.65. The van der Waals surface area contributed by atoms with Crippen molar-refractivity contribution in [2.24, 2.45) is 5.41 Å². The van der Waals surface area contributed by atoms with Crippen LogP contribution in [-0.2, 0) is 13.0 Å². The largest absolute Gasteiger partial charge is 0.476 e. The van der Waals surface area contributed by atoms with Gasteiger partial charge in [0.15, 0.2) is 11.5 Å². The molecule has 0 unspecified atom stereocenters. The van der Waals surface area contributed by atoms with E-state index in [1.54, 1.807) is 0 Å². The molecule has 0 atom stereocenters. The van der Waals surface area contributed by atoms with Crippen molar-refractivity contribution in [1.29, 1.82) is 0 Å². The first kappa shape index (κ1) is 11.8. The molecule has 1 aliphatic carbocycles. The Bertz CT molecular complexity index is 500. The lowest BCUT2D eigenvalue weighted by molar-refractivity contribution is 0.0688. The molecule has 0 fully saturated rings. The summed E-state index contributed by atoms with van der Waals surface area (Å²) in [6, 6.07) is 0. The zero-order valence-electron chi connectivity index (χ0n) is 10.3. The molecule has 17 heavy (non-hydrogen) atoms. The number of Topliss-reactive ketones (excluding diaryl/α,β-unsaturated/α-hetero) is 1. The van der Waals surface area contributed by atoms with Crippen LogP contribution in [0.3, 0.4) is 0 Å². The van der Waals surface area contributed by atoms with Crippen LogP contribution in [0.4, 0.5) is 0 Å². The Kier molecular flexibility index (Phi) is 2.56. The second-order valence-electron chi connectivity index (χ2n) is 5.24. The normalized spacial score (nSPS) is 17.9. The molecule has 0 spiro atoms. The third-order valence-electron chi connectivity index (χ3n) is 3.11. The molecule has 2 rings (SSSR count). The van der Waals surface area contributed by atoms with Gasteiger partial charge in [-0.25, -0.2) is 4.79 Å². The van der Waals surface area contributed by atoms with Crippen molar-refractivity contribution >= 4 is 11.8 Å². The van der Waals surface area contributed by atoms with Crippen LogP contribution in [0.1, 0.15) is 53.7 Å². The SMILES string of the molecule is CCn1nc(C(=O)O)c2c1C(=O)CC(C)(C)C2. The number of hydrogen-bond donors (Lipinski definition) is 1. The van der Waals surface area contributed by atoms with Crippen molar-refractivity contribution in [1.82, 2.24) is 9.78 Å². The number of aryl methyl sites for hydroxylation is 1. The second kappa shape index (κ2) is 3.68. The van der Waals surface area contributed by atoms with Crippen LogP contribution in [0.5, 0.6) is 0 Å². The molecule has 0 aliphatic heterocycles. The van der Waals surface area contributed by atoms with E-state index in [2.05, 4.69) is 5.10 Å². The summed E-state index contributed by atoms with van der Waals surface area (Å²) in [4.78, 5) is 23.2. The maximum atomic E-state index is 12.1. The maximum absolute atomic E-state index is 12.1. The Morgan fingerprint density at radius 2 is 2.12 bits per heavy atom. The zero-order valence-corrected chi connectivity index (χ0v) is 10.3. The standard InChI is InChI=1S/C12H16N2O3/c1-4-14-10-7(9(13-14)11(16)17)5-12(2,3)6-8(10)15/h4-6H2,1-3H3,(H,16,17). The van der Waals surface area contributed by atoms with Gasteiger partial charge in [0.25, 0.3) is 0 Å². The lowest BCUT2D eigenvalue weighted by atomic mass is 9.75. The zero-order chi connectivity index (χ0) is 12.8. The van der Waals surface area contributed by atoms with Gasteiger partial charge in [-0.15, -0.1) is 0 Å². The third kappa shape index (κ3) is 1.85. The van der Waals surface area contributed by atoms with E-state index in [1.165, 1.54) is 4.68 Å². The summed E-state index contributed by atoms with van der Waals surface area (Å²) in [7, 11) is 0. The first-order valence-electron chi connectivity index (χ1n) is 5.72. The van der Waals surface area contributed by atoms with E-state index in [1.807, 2.05) is 20.8 Å². The van der Waals surface area contributed by atoms with Gasteiger partial charge in [0.1, 0.15) is 5.69 Å². The van der Waals surface area contributed by atoms with Crippen LogP contribution >= 0.6 is 0 Å². The highest BCUT2D eigenvalue weighted by atomic mass is 16.4. The molecule has 5 heteroatoms. The van der Waals surface area contributed by atoms with Crippen LogP contribution in [0.15, 0.2) is 0 Å². The van der Waals surface area contributed by atoms with Gasteiger partial charge in [-0.3, -0.25) is 9.48 Å². The first-order chi connectivity index (χ1) is 7.85. The molecule has 1 aromatic rings. The van der Waals surface area contributed by atoms with E-state index < -0.39 is 5.97 Å². The van der Waals surface area contributed by atoms with Crippen LogP contribution in [0.25, 0.3) is 0 Å². The smallest absolute Gasteiger partial charge is 0.356 e. The van der Waals surface area contributed by atoms with Crippen LogP contribution < -0.4 is 0 Å². The molecule has 0 bridgehead atoms. The van der Waals surface area contributed by atoms with Crippen molar-refractivity contribution in [2.75, 3.05) is 0 Å². The number of nitrogens with zero attached hydrogens (tertiary/aromatic N) is 2. The number of aromatic nitrogens is 2. The molecule has 0 amide bonds. The van der Waals surface area contributed by atoms with E-state index in [4.69, 9.17) is 5.11 Å². The highest BCUT2D eigenvalue weighted by Gasteiger charge is 2.37. The second-order valence-corrected chi connectivity index (χ2v) is 5.24. The quantitative estimate of drug-likeness (QED) is 0.849. The number of carbonyl (C=O) groups excluding carboxylic acids is 1. The minimum atomic E-state index is -1.06. The van der Waals surface area contributed by atoms with Crippen molar-refractivity contribution in [3.63, 3.8) is 0 Å². The van der Waals surface area contributed by atoms with E-state index in [9.17, 15) is 9.59 Å². The van der Waals surface area contributed by atoms with Crippen molar-refractivity contribution in [3.8, 4) is 0 Å². The Morgan fingerprint density at radius 1 is 1.47 bits per heavy atom. The summed E-state index contributed by atoms with van der Waals surface area (Å²) < 4.78 is 1.51. The van der Waals surface area contributed by atoms with Gasteiger partial charge in [0.05, 0.1) is 0 Å². The summed E-state index contributed by atoms with van der Waals surface area (Å²) in [6.07, 6.45) is 1.04. The molecule has 5 nitrogen and oxygen atoms in total. The van der Waals surface area contributed by atoms with E-state index in [-0.39, 0.29) is 16.9 Å². The lowest BCUT2D eigenvalue weighted by Crippen LogP contribution is -2.28. The molecule has 1 N–H and O–H groups in total. The fourth-order valence-electron chi connectivity index (χ4n) is 2.44. The van der Waals surface area contributed by atoms with E-state index >= 15 is 0 Å². The van der Waals surface area contributed by atoms with Gasteiger partial charge >= 0.3 is 5.97 Å². The molecule has 92 valence electrons. The third-order valence-corrected chi connectivity index (χ3v) is 3.11. The lowest BCUT2D eigenvalue weighted by Gasteiger charge is -2.28. The maximum Gasteiger partial charge on any atom is 0.356 e. The number of fused-ring (bicyclic) bond motifs is 1. The molecule has 1 heterocycles. The predicted molar refractivity (Wildman–Crippen MR) is 61.3 cm³/mol. The fraction of sp³-hybridized carbons (Fsp3) is 0.583. The van der Waals surface area contributed by atoms with E-state index in [0.717, 1.165) is 0 Å². The summed E-state index contributed by atoms with van der Waals surface area (Å²) in [6.45, 7) is 6.32. The van der Waals surface area contributed by atoms with Gasteiger partial charge in [0, 0.05) is 18.5 Å². The number of carboxylic acids is 1. The van der Waals surface area contributed by atoms with Gasteiger partial charge in [-0.2, -0.15) is 5.10 Å². The van der Waals surface area contributed by atoms with Crippen molar-refractivity contribution in [3.05, 3.63) is 17.0 Å². The monoisotopic (exact) mass is 236 g/mol. The first-order valence-corrected chi connectivity index (χ1v) is 5.72. The van der Waals surface area contributed by atoms with Crippen molar-refractivity contribution < 1.29 is 14.7 Å². The minimum Gasteiger partial charge on any atom is -0.476 e. The molecule has 1 aliphatic rings. The van der Waals surface area contributed by atoms with Crippen molar-refractivity contribution in [2.45, 2.75) is 40.2 Å². The summed E-state index contributed by atoms with van der Waals surface area (Å²) >= 11 is 0. The molecular weight excluding hydrogens is 220 g/mol. The fourth-order valence-corrected chi connectivity index (χ4v) is 2.44. The Labute approximate surface area is 99.4 Å². The summed E-state index contributed by atoms with van der Waals surface area (Å²) in [5.74, 6) is -1.06. The topological polar surface area (TPSA) is 72.2 Å². The minimum absolute atomic E-state index is 0.00176. The highest BCUT2D eigenvalue weighted by Crippen LogP contribution is 2.36. The summed E-state index contributed by atoms with van der Waals surface area (Å²) in [5.41, 5.74) is 0.934. The highest BCUT2D eigenvalue weighted by molar-refractivity contribution is 6.01. The van der Waals surface area contributed by atoms with Gasteiger partial charge < -0.3 is 5.11 Å². The Balaban J connectivity index is 2.64. The molecule has 1 aromatic heterocycles. The van der Waals surface area contributed by atoms with E-state index in [0.29, 0.717) is 30.6 Å². The molecule has 0 aromatic carbocycles. The number of carboxylic acid groups (broad SMARTS) is 1.